The molecule has 2 aliphatic carbocycles. The standard InChI is InChI=1S/C8H12Cl2Si/c1-4-2-5-3-8(4,11)7(10)6(5)9/h4-5H,2-3H2,1,11H3. The molecule has 0 aromatic heterocycles. The molecular weight excluding hydrogens is 195 g/mol. The van der Waals surface area contributed by atoms with Crippen LogP contribution in [-0.2, 0) is 0 Å². The number of rotatable bonds is 0. The van der Waals surface area contributed by atoms with E-state index < -0.39 is 0 Å². The Bertz CT molecular complexity index is 236. The first-order chi connectivity index (χ1) is 5.05. The van der Waals surface area contributed by atoms with Crippen LogP contribution in [0.2, 0.25) is 5.04 Å². The van der Waals surface area contributed by atoms with Gasteiger partial charge in [0.2, 0.25) is 0 Å². The normalized spacial score (nSPS) is 49.4. The molecule has 2 aliphatic rings. The van der Waals surface area contributed by atoms with Crippen molar-refractivity contribution in [3.8, 4) is 0 Å². The molecule has 0 saturated heterocycles. The molecule has 0 nitrogen and oxygen atoms in total. The van der Waals surface area contributed by atoms with E-state index in [1.807, 2.05) is 0 Å². The first-order valence-electron chi connectivity index (χ1n) is 4.11. The zero-order valence-electron chi connectivity index (χ0n) is 6.82. The van der Waals surface area contributed by atoms with Crippen molar-refractivity contribution in [3.63, 3.8) is 0 Å². The van der Waals surface area contributed by atoms with E-state index in [1.54, 1.807) is 0 Å². The molecule has 0 amide bonds. The van der Waals surface area contributed by atoms with Crippen molar-refractivity contribution < 1.29 is 0 Å². The van der Waals surface area contributed by atoms with Crippen LogP contribution in [0.3, 0.4) is 0 Å². The molecule has 11 heavy (non-hydrogen) atoms. The predicted molar refractivity (Wildman–Crippen MR) is 53.3 cm³/mol. The lowest BCUT2D eigenvalue weighted by Gasteiger charge is -2.28. The van der Waals surface area contributed by atoms with Gasteiger partial charge in [0, 0.05) is 20.3 Å². The van der Waals surface area contributed by atoms with Crippen molar-refractivity contribution in [3.05, 3.63) is 10.1 Å². The van der Waals surface area contributed by atoms with Gasteiger partial charge in [0.1, 0.15) is 0 Å². The van der Waals surface area contributed by atoms with Gasteiger partial charge in [0.15, 0.2) is 0 Å². The molecule has 3 atom stereocenters. The summed E-state index contributed by atoms with van der Waals surface area (Å²) in [7, 11) is 1.16. The van der Waals surface area contributed by atoms with Crippen molar-refractivity contribution >= 4 is 33.4 Å². The predicted octanol–water partition coefficient (Wildman–Crippen LogP) is 2.26. The van der Waals surface area contributed by atoms with Gasteiger partial charge >= 0.3 is 0 Å². The van der Waals surface area contributed by atoms with Gasteiger partial charge in [-0.3, -0.25) is 0 Å². The van der Waals surface area contributed by atoms with Gasteiger partial charge in [-0.1, -0.05) is 30.1 Å². The number of allylic oxidation sites excluding steroid dienone is 2. The summed E-state index contributed by atoms with van der Waals surface area (Å²) in [5.74, 6) is 1.38. The van der Waals surface area contributed by atoms with Crippen LogP contribution in [-0.4, -0.2) is 10.2 Å². The second kappa shape index (κ2) is 2.27. The van der Waals surface area contributed by atoms with Crippen LogP contribution in [0, 0.1) is 11.8 Å². The molecule has 0 aromatic rings. The summed E-state index contributed by atoms with van der Waals surface area (Å²) in [4.78, 5) is 0. The summed E-state index contributed by atoms with van der Waals surface area (Å²) in [6, 6.07) is 0. The molecule has 2 bridgehead atoms. The van der Waals surface area contributed by atoms with Crippen LogP contribution in [0.15, 0.2) is 10.1 Å². The Labute approximate surface area is 80.4 Å². The molecule has 0 aliphatic heterocycles. The molecule has 0 heterocycles. The van der Waals surface area contributed by atoms with E-state index in [9.17, 15) is 0 Å². The van der Waals surface area contributed by atoms with Crippen LogP contribution in [0.5, 0.6) is 0 Å². The highest BCUT2D eigenvalue weighted by atomic mass is 35.5. The van der Waals surface area contributed by atoms with Crippen molar-refractivity contribution in [2.75, 3.05) is 0 Å². The Morgan fingerprint density at radius 1 is 1.55 bits per heavy atom. The SMILES string of the molecule is CC1CC2CC1([SiH3])C(Cl)=C2Cl. The zero-order valence-corrected chi connectivity index (χ0v) is 10.3. The Kier molecular flexibility index (Phi) is 1.68. The molecule has 3 heteroatoms. The van der Waals surface area contributed by atoms with Gasteiger partial charge < -0.3 is 0 Å². The second-order valence-corrected chi connectivity index (χ2v) is 6.69. The Morgan fingerprint density at radius 2 is 2.18 bits per heavy atom. The highest BCUT2D eigenvalue weighted by Gasteiger charge is 2.51. The minimum Gasteiger partial charge on any atom is -0.0876 e. The smallest absolute Gasteiger partial charge is 0.0359 e. The van der Waals surface area contributed by atoms with Crippen molar-refractivity contribution in [2.24, 2.45) is 11.8 Å². The zero-order chi connectivity index (χ0) is 8.22. The minimum atomic E-state index is 0.351. The molecule has 1 saturated carbocycles. The highest BCUT2D eigenvalue weighted by molar-refractivity contribution is 6.44. The monoisotopic (exact) mass is 206 g/mol. The number of hydrogen-bond acceptors (Lipinski definition) is 0. The quantitative estimate of drug-likeness (QED) is 0.534. The fourth-order valence-corrected chi connectivity index (χ4v) is 4.39. The molecule has 0 spiro atoms. The summed E-state index contributed by atoms with van der Waals surface area (Å²) in [5.41, 5.74) is 0. The third-order valence-corrected chi connectivity index (χ3v) is 6.91. The molecule has 1 fully saturated rings. The molecule has 0 N–H and O–H groups in total. The van der Waals surface area contributed by atoms with Gasteiger partial charge in [-0.15, -0.1) is 0 Å². The molecule has 2 rings (SSSR count). The van der Waals surface area contributed by atoms with E-state index in [4.69, 9.17) is 23.2 Å². The van der Waals surface area contributed by atoms with E-state index in [0.29, 0.717) is 11.0 Å². The molecular formula is C8H12Cl2Si. The van der Waals surface area contributed by atoms with Gasteiger partial charge in [-0.2, -0.15) is 0 Å². The summed E-state index contributed by atoms with van der Waals surface area (Å²) in [6.45, 7) is 2.30. The average Bonchev–Trinajstić information content (AvgIpc) is 2.34. The number of hydrogen-bond donors (Lipinski definition) is 0. The molecule has 0 radical (unpaired) electrons. The van der Waals surface area contributed by atoms with Crippen LogP contribution in [0.1, 0.15) is 19.8 Å². The molecule has 0 aromatic carbocycles. The van der Waals surface area contributed by atoms with Gasteiger partial charge in [-0.25, -0.2) is 0 Å². The lowest BCUT2D eigenvalue weighted by Crippen LogP contribution is -2.16. The van der Waals surface area contributed by atoms with E-state index in [-0.39, 0.29) is 0 Å². The number of halogens is 2. The topological polar surface area (TPSA) is 0 Å². The Balaban J connectivity index is 2.45. The third-order valence-electron chi connectivity index (χ3n) is 3.47. The van der Waals surface area contributed by atoms with E-state index in [0.717, 1.165) is 26.2 Å². The van der Waals surface area contributed by atoms with Crippen molar-refractivity contribution in [1.82, 2.24) is 0 Å². The van der Waals surface area contributed by atoms with Crippen LogP contribution in [0.4, 0.5) is 0 Å². The maximum atomic E-state index is 6.18. The van der Waals surface area contributed by atoms with Gasteiger partial charge in [-0.05, 0) is 29.7 Å². The summed E-state index contributed by atoms with van der Waals surface area (Å²) in [6.07, 6.45) is 2.50. The average molecular weight is 207 g/mol. The second-order valence-electron chi connectivity index (χ2n) is 4.12. The maximum absolute atomic E-state index is 6.18. The lowest BCUT2D eigenvalue weighted by atomic mass is 9.94. The fraction of sp³-hybridized carbons (Fsp3) is 0.750. The fourth-order valence-electron chi connectivity index (χ4n) is 2.43. The first kappa shape index (κ1) is 8.15. The Hall–Kier alpha value is 0.537. The van der Waals surface area contributed by atoms with Crippen molar-refractivity contribution in [2.45, 2.75) is 24.8 Å². The molecule has 3 unspecified atom stereocenters. The summed E-state index contributed by atoms with van der Waals surface area (Å²) in [5, 5.41) is 2.32. The van der Waals surface area contributed by atoms with Gasteiger partial charge in [0.05, 0.1) is 0 Å². The van der Waals surface area contributed by atoms with E-state index in [1.165, 1.54) is 12.8 Å². The Morgan fingerprint density at radius 3 is 2.55 bits per heavy atom. The first-order valence-corrected chi connectivity index (χ1v) is 5.87. The largest absolute Gasteiger partial charge is 0.0876 e. The van der Waals surface area contributed by atoms with Crippen molar-refractivity contribution in [1.29, 1.82) is 0 Å². The summed E-state index contributed by atoms with van der Waals surface area (Å²) < 4.78 is 0. The molecule has 62 valence electrons. The van der Waals surface area contributed by atoms with Crippen LogP contribution < -0.4 is 0 Å². The minimum absolute atomic E-state index is 0.351. The number of fused-ring (bicyclic) bond motifs is 2. The maximum Gasteiger partial charge on any atom is 0.0359 e. The van der Waals surface area contributed by atoms with Gasteiger partial charge in [0.25, 0.3) is 0 Å². The highest BCUT2D eigenvalue weighted by Crippen LogP contribution is 2.65. The third kappa shape index (κ3) is 0.880. The summed E-state index contributed by atoms with van der Waals surface area (Å²) >= 11 is 12.3. The van der Waals surface area contributed by atoms with Crippen LogP contribution >= 0.6 is 23.2 Å². The van der Waals surface area contributed by atoms with Crippen LogP contribution in [0.25, 0.3) is 0 Å². The van der Waals surface area contributed by atoms with E-state index in [2.05, 4.69) is 6.92 Å². The lowest BCUT2D eigenvalue weighted by molar-refractivity contribution is 0.501. The van der Waals surface area contributed by atoms with E-state index >= 15 is 0 Å².